The zero-order valence-electron chi connectivity index (χ0n) is 8.66. The van der Waals surface area contributed by atoms with Crippen molar-refractivity contribution in [3.8, 4) is 0 Å². The standard InChI is InChI=1S/C8H8BrNO6S2/c9-4-1-2-17-8(4)18(15,16)10-5(7(13)14)3-6(11)12/h1-2,5,10H,3H2,(H,11,12)(H,13,14)/t5-/m1/s1. The van der Waals surface area contributed by atoms with Gasteiger partial charge < -0.3 is 10.2 Å². The lowest BCUT2D eigenvalue weighted by atomic mass is 10.2. The molecule has 0 amide bonds. The summed E-state index contributed by atoms with van der Waals surface area (Å²) in [7, 11) is -4.06. The largest absolute Gasteiger partial charge is 0.481 e. The first kappa shape index (κ1) is 15.1. The number of hydrogen-bond acceptors (Lipinski definition) is 5. The van der Waals surface area contributed by atoms with Gasteiger partial charge in [-0.15, -0.1) is 11.3 Å². The summed E-state index contributed by atoms with van der Waals surface area (Å²) in [6, 6.07) is -0.215. The van der Waals surface area contributed by atoms with Crippen molar-refractivity contribution >= 4 is 49.2 Å². The van der Waals surface area contributed by atoms with Crippen LogP contribution < -0.4 is 4.72 Å². The number of carboxylic acid groups (broad SMARTS) is 2. The second-order valence-electron chi connectivity index (χ2n) is 3.17. The van der Waals surface area contributed by atoms with Crippen LogP contribution in [0.3, 0.4) is 0 Å². The van der Waals surface area contributed by atoms with Crippen LogP contribution in [0.15, 0.2) is 20.1 Å². The molecule has 0 aliphatic heterocycles. The Morgan fingerprint density at radius 3 is 2.44 bits per heavy atom. The molecule has 1 atom stereocenters. The van der Waals surface area contributed by atoms with E-state index in [1.807, 2.05) is 4.72 Å². The van der Waals surface area contributed by atoms with E-state index in [2.05, 4.69) is 15.9 Å². The monoisotopic (exact) mass is 357 g/mol. The summed E-state index contributed by atoms with van der Waals surface area (Å²) in [4.78, 5) is 21.2. The number of sulfonamides is 1. The molecule has 0 radical (unpaired) electrons. The number of aliphatic carboxylic acids is 2. The van der Waals surface area contributed by atoms with Gasteiger partial charge in [-0.25, -0.2) is 8.42 Å². The fourth-order valence-corrected chi connectivity index (χ4v) is 4.61. The third-order valence-electron chi connectivity index (χ3n) is 1.80. The summed E-state index contributed by atoms with van der Waals surface area (Å²) in [6.45, 7) is 0. The molecule has 18 heavy (non-hydrogen) atoms. The third-order valence-corrected chi connectivity index (χ3v) is 5.94. The first-order chi connectivity index (χ1) is 8.24. The molecule has 3 N–H and O–H groups in total. The quantitative estimate of drug-likeness (QED) is 0.689. The second-order valence-corrected chi connectivity index (χ2v) is 6.85. The van der Waals surface area contributed by atoms with E-state index in [-0.39, 0.29) is 4.21 Å². The van der Waals surface area contributed by atoms with E-state index in [1.54, 1.807) is 0 Å². The Morgan fingerprint density at radius 1 is 1.44 bits per heavy atom. The summed E-state index contributed by atoms with van der Waals surface area (Å²) < 4.78 is 25.7. The molecule has 0 aliphatic carbocycles. The molecule has 0 saturated heterocycles. The van der Waals surface area contributed by atoms with Crippen LogP contribution in [0.4, 0.5) is 0 Å². The molecule has 10 heteroatoms. The normalized spacial score (nSPS) is 13.2. The number of thiophene rings is 1. The maximum absolute atomic E-state index is 11.8. The Kier molecular flexibility index (Phi) is 4.85. The molecule has 1 aromatic rings. The summed E-state index contributed by atoms with van der Waals surface area (Å²) in [6.07, 6.45) is -0.836. The van der Waals surface area contributed by atoms with E-state index in [1.165, 1.54) is 11.4 Å². The van der Waals surface area contributed by atoms with Crippen LogP contribution in [0.2, 0.25) is 0 Å². The van der Waals surface area contributed by atoms with Gasteiger partial charge >= 0.3 is 11.9 Å². The summed E-state index contributed by atoms with van der Waals surface area (Å²) in [5.41, 5.74) is 0. The van der Waals surface area contributed by atoms with Gasteiger partial charge in [0.1, 0.15) is 10.3 Å². The van der Waals surface area contributed by atoms with Crippen molar-refractivity contribution < 1.29 is 28.2 Å². The molecule has 0 aromatic carbocycles. The topological polar surface area (TPSA) is 121 Å². The van der Waals surface area contributed by atoms with Crippen LogP contribution in [-0.4, -0.2) is 36.6 Å². The van der Waals surface area contributed by atoms with Gasteiger partial charge in [0.2, 0.25) is 0 Å². The average Bonchev–Trinajstić information content (AvgIpc) is 2.62. The van der Waals surface area contributed by atoms with Crippen molar-refractivity contribution in [3.63, 3.8) is 0 Å². The lowest BCUT2D eigenvalue weighted by Crippen LogP contribution is -2.41. The van der Waals surface area contributed by atoms with Crippen LogP contribution >= 0.6 is 27.3 Å². The minimum Gasteiger partial charge on any atom is -0.481 e. The summed E-state index contributed by atoms with van der Waals surface area (Å²) >= 11 is 3.90. The van der Waals surface area contributed by atoms with Crippen LogP contribution in [-0.2, 0) is 19.6 Å². The second kappa shape index (κ2) is 5.78. The minimum atomic E-state index is -4.06. The molecule has 1 aromatic heterocycles. The van der Waals surface area contributed by atoms with Gasteiger partial charge in [-0.1, -0.05) is 0 Å². The Balaban J connectivity index is 2.97. The van der Waals surface area contributed by atoms with E-state index in [9.17, 15) is 18.0 Å². The van der Waals surface area contributed by atoms with Gasteiger partial charge in [0.15, 0.2) is 0 Å². The van der Waals surface area contributed by atoms with Gasteiger partial charge in [-0.05, 0) is 27.4 Å². The minimum absolute atomic E-state index is 0.0980. The Morgan fingerprint density at radius 2 is 2.06 bits per heavy atom. The summed E-state index contributed by atoms with van der Waals surface area (Å²) in [5.74, 6) is -2.95. The predicted octanol–water partition coefficient (Wildman–Crippen LogP) is 0.717. The number of rotatable bonds is 6. The van der Waals surface area contributed by atoms with Crippen molar-refractivity contribution in [2.75, 3.05) is 0 Å². The molecule has 1 rings (SSSR count). The molecule has 0 aliphatic rings. The predicted molar refractivity (Wildman–Crippen MR) is 66.0 cm³/mol. The maximum Gasteiger partial charge on any atom is 0.322 e. The average molecular weight is 358 g/mol. The molecule has 7 nitrogen and oxygen atoms in total. The van der Waals surface area contributed by atoms with E-state index >= 15 is 0 Å². The molecule has 1 heterocycles. The van der Waals surface area contributed by atoms with Crippen molar-refractivity contribution in [2.24, 2.45) is 0 Å². The van der Waals surface area contributed by atoms with Crippen molar-refractivity contribution in [3.05, 3.63) is 15.9 Å². The molecule has 0 bridgehead atoms. The number of carbonyl (C=O) groups is 2. The molecule has 0 saturated carbocycles. The van der Waals surface area contributed by atoms with E-state index in [4.69, 9.17) is 10.2 Å². The number of hydrogen-bond donors (Lipinski definition) is 3. The lowest BCUT2D eigenvalue weighted by Gasteiger charge is -2.12. The van der Waals surface area contributed by atoms with Gasteiger partial charge in [0.25, 0.3) is 10.0 Å². The highest BCUT2D eigenvalue weighted by Gasteiger charge is 2.29. The molecule has 0 spiro atoms. The molecular formula is C8H8BrNO6S2. The van der Waals surface area contributed by atoms with Crippen molar-refractivity contribution in [1.29, 1.82) is 0 Å². The zero-order valence-corrected chi connectivity index (χ0v) is 11.9. The SMILES string of the molecule is O=C(O)C[C@@H](NS(=O)(=O)c1sccc1Br)C(=O)O. The highest BCUT2D eigenvalue weighted by Crippen LogP contribution is 2.27. The van der Waals surface area contributed by atoms with E-state index in [0.29, 0.717) is 4.47 Å². The number of nitrogens with one attached hydrogen (secondary N) is 1. The van der Waals surface area contributed by atoms with Crippen molar-refractivity contribution in [1.82, 2.24) is 4.72 Å². The van der Waals surface area contributed by atoms with Crippen LogP contribution in [0.5, 0.6) is 0 Å². The fraction of sp³-hybridized carbons (Fsp3) is 0.250. The first-order valence-electron chi connectivity index (χ1n) is 4.44. The maximum atomic E-state index is 11.8. The Bertz CT molecular complexity index is 566. The zero-order chi connectivity index (χ0) is 13.9. The lowest BCUT2D eigenvalue weighted by molar-refractivity contribution is -0.145. The van der Waals surface area contributed by atoms with Crippen LogP contribution in [0, 0.1) is 0 Å². The highest BCUT2D eigenvalue weighted by atomic mass is 79.9. The fourth-order valence-electron chi connectivity index (χ4n) is 1.07. The van der Waals surface area contributed by atoms with Crippen molar-refractivity contribution in [2.45, 2.75) is 16.7 Å². The van der Waals surface area contributed by atoms with Gasteiger partial charge in [0.05, 0.1) is 6.42 Å². The van der Waals surface area contributed by atoms with Gasteiger partial charge in [0, 0.05) is 4.47 Å². The molecule has 0 unspecified atom stereocenters. The smallest absolute Gasteiger partial charge is 0.322 e. The van der Waals surface area contributed by atoms with E-state index in [0.717, 1.165) is 11.3 Å². The molecule has 100 valence electrons. The van der Waals surface area contributed by atoms with Crippen LogP contribution in [0.1, 0.15) is 6.42 Å². The molecule has 0 fully saturated rings. The summed E-state index contributed by atoms with van der Waals surface area (Å²) in [5, 5.41) is 18.8. The molecular weight excluding hydrogens is 350 g/mol. The van der Waals surface area contributed by atoms with Gasteiger partial charge in [-0.2, -0.15) is 4.72 Å². The Hall–Kier alpha value is -0.970. The highest BCUT2D eigenvalue weighted by molar-refractivity contribution is 9.10. The first-order valence-corrected chi connectivity index (χ1v) is 7.59. The number of carboxylic acids is 2. The van der Waals surface area contributed by atoms with Crippen LogP contribution in [0.25, 0.3) is 0 Å². The number of halogens is 1. The van der Waals surface area contributed by atoms with E-state index < -0.39 is 34.4 Å². The third kappa shape index (κ3) is 3.77. The van der Waals surface area contributed by atoms with Gasteiger partial charge in [-0.3, -0.25) is 9.59 Å². The Labute approximate surface area is 115 Å².